The minimum absolute atomic E-state index is 0.0228. The van der Waals surface area contributed by atoms with E-state index in [1.165, 1.54) is 0 Å². The first kappa shape index (κ1) is 14.2. The molecule has 1 aliphatic rings. The molecule has 2 unspecified atom stereocenters. The quantitative estimate of drug-likeness (QED) is 0.888. The molecule has 1 saturated heterocycles. The molecule has 1 aliphatic heterocycles. The van der Waals surface area contributed by atoms with Crippen molar-refractivity contribution < 1.29 is 19.3 Å². The summed E-state index contributed by atoms with van der Waals surface area (Å²) in [4.78, 5) is 0. The lowest BCUT2D eigenvalue weighted by Crippen LogP contribution is -2.28. The van der Waals surface area contributed by atoms with Gasteiger partial charge in [0.2, 0.25) is 0 Å². The minimum atomic E-state index is 0.0228. The van der Waals surface area contributed by atoms with Crippen molar-refractivity contribution in [2.45, 2.75) is 31.8 Å². The maximum absolute atomic E-state index is 9.36. The Balaban J connectivity index is 2.24. The van der Waals surface area contributed by atoms with Crippen molar-refractivity contribution in [3.8, 4) is 11.5 Å². The third kappa shape index (κ3) is 3.39. The summed E-state index contributed by atoms with van der Waals surface area (Å²) in [5, 5.41) is 9.36. The molecule has 1 fully saturated rings. The fourth-order valence-corrected chi connectivity index (χ4v) is 2.28. The Bertz CT molecular complexity index is 399. The minimum Gasteiger partial charge on any atom is -0.493 e. The fraction of sp³-hybridized carbons (Fsp3) is 0.600. The van der Waals surface area contributed by atoms with Crippen LogP contribution >= 0.6 is 0 Å². The molecule has 0 saturated carbocycles. The molecular formula is C15H22O4. The highest BCUT2D eigenvalue weighted by molar-refractivity contribution is 5.48. The van der Waals surface area contributed by atoms with E-state index in [4.69, 9.17) is 14.2 Å². The first-order valence-corrected chi connectivity index (χ1v) is 6.78. The summed E-state index contributed by atoms with van der Waals surface area (Å²) in [6.45, 7) is 3.49. The zero-order valence-corrected chi connectivity index (χ0v) is 11.6. The van der Waals surface area contributed by atoms with Gasteiger partial charge in [-0.05, 0) is 18.9 Å². The predicted octanol–water partition coefficient (Wildman–Crippen LogP) is 2.35. The molecular weight excluding hydrogens is 244 g/mol. The average molecular weight is 266 g/mol. The van der Waals surface area contributed by atoms with Gasteiger partial charge in [0.05, 0.1) is 13.7 Å². The summed E-state index contributed by atoms with van der Waals surface area (Å²) in [7, 11) is 1.63. The van der Waals surface area contributed by atoms with E-state index in [1.54, 1.807) is 7.11 Å². The number of methoxy groups -OCH3 is 1. The lowest BCUT2D eigenvalue weighted by molar-refractivity contribution is 0.00580. The van der Waals surface area contributed by atoms with E-state index < -0.39 is 0 Å². The summed E-state index contributed by atoms with van der Waals surface area (Å²) < 4.78 is 16.9. The van der Waals surface area contributed by atoms with Gasteiger partial charge in [-0.1, -0.05) is 19.1 Å². The van der Waals surface area contributed by atoms with Crippen LogP contribution in [0.5, 0.6) is 11.5 Å². The smallest absolute Gasteiger partial charge is 0.165 e. The molecule has 0 amide bonds. The molecule has 4 heteroatoms. The average Bonchev–Trinajstić information content (AvgIpc) is 2.47. The normalized spacial score (nSPS) is 20.9. The highest BCUT2D eigenvalue weighted by Gasteiger charge is 2.21. The van der Waals surface area contributed by atoms with E-state index in [0.717, 1.165) is 30.8 Å². The lowest BCUT2D eigenvalue weighted by Gasteiger charge is -2.26. The number of benzene rings is 1. The van der Waals surface area contributed by atoms with Crippen molar-refractivity contribution in [3.05, 3.63) is 23.8 Å². The second-order valence-electron chi connectivity index (χ2n) is 4.92. The van der Waals surface area contributed by atoms with Gasteiger partial charge < -0.3 is 19.3 Å². The highest BCUT2D eigenvalue weighted by Crippen LogP contribution is 2.36. The van der Waals surface area contributed by atoms with Crippen molar-refractivity contribution >= 4 is 0 Å². The van der Waals surface area contributed by atoms with Crippen LogP contribution in [0.3, 0.4) is 0 Å². The van der Waals surface area contributed by atoms with E-state index in [2.05, 4.69) is 0 Å². The first-order chi connectivity index (χ1) is 9.26. The number of ether oxygens (including phenoxy) is 3. The number of para-hydroxylation sites is 1. The maximum atomic E-state index is 9.36. The molecule has 0 radical (unpaired) electrons. The highest BCUT2D eigenvalue weighted by atomic mass is 16.5. The number of hydrogen-bond acceptors (Lipinski definition) is 4. The Morgan fingerprint density at radius 3 is 2.95 bits per heavy atom. The van der Waals surface area contributed by atoms with E-state index in [-0.39, 0.29) is 18.6 Å². The molecule has 0 aromatic heterocycles. The second-order valence-corrected chi connectivity index (χ2v) is 4.92. The summed E-state index contributed by atoms with van der Waals surface area (Å²) in [5.74, 6) is 1.47. The lowest BCUT2D eigenvalue weighted by atomic mass is 10.0. The molecule has 2 rings (SSSR count). The van der Waals surface area contributed by atoms with E-state index in [0.29, 0.717) is 12.4 Å². The Morgan fingerprint density at radius 1 is 1.47 bits per heavy atom. The molecule has 1 N–H and O–H groups in total. The maximum Gasteiger partial charge on any atom is 0.165 e. The Labute approximate surface area is 114 Å². The molecule has 1 aromatic carbocycles. The topological polar surface area (TPSA) is 47.9 Å². The van der Waals surface area contributed by atoms with Crippen molar-refractivity contribution in [3.63, 3.8) is 0 Å². The molecule has 4 nitrogen and oxygen atoms in total. The number of aliphatic hydroxyl groups excluding tert-OH is 1. The van der Waals surface area contributed by atoms with E-state index in [1.807, 2.05) is 25.1 Å². The van der Waals surface area contributed by atoms with Crippen LogP contribution in [0.4, 0.5) is 0 Å². The van der Waals surface area contributed by atoms with E-state index >= 15 is 0 Å². The standard InChI is InChI=1S/C15H22O4/c1-11(9-16)13-6-3-7-14(17-2)15(13)19-12-5-4-8-18-10-12/h3,6-7,11-12,16H,4-5,8-10H2,1-2H3. The van der Waals surface area contributed by atoms with Gasteiger partial charge in [0.25, 0.3) is 0 Å². The third-order valence-corrected chi connectivity index (χ3v) is 3.44. The van der Waals surface area contributed by atoms with Crippen molar-refractivity contribution in [1.82, 2.24) is 0 Å². The van der Waals surface area contributed by atoms with Gasteiger partial charge in [0.15, 0.2) is 11.5 Å². The van der Waals surface area contributed by atoms with Crippen molar-refractivity contribution in [2.75, 3.05) is 26.9 Å². The summed E-state index contributed by atoms with van der Waals surface area (Å²) in [6, 6.07) is 5.78. The third-order valence-electron chi connectivity index (χ3n) is 3.44. The van der Waals surface area contributed by atoms with Crippen LogP contribution in [-0.2, 0) is 4.74 Å². The van der Waals surface area contributed by atoms with Crippen LogP contribution in [0.1, 0.15) is 31.2 Å². The first-order valence-electron chi connectivity index (χ1n) is 6.78. The molecule has 1 aromatic rings. The van der Waals surface area contributed by atoms with Gasteiger partial charge in [0, 0.05) is 24.7 Å². The van der Waals surface area contributed by atoms with Gasteiger partial charge in [-0.15, -0.1) is 0 Å². The van der Waals surface area contributed by atoms with Crippen molar-refractivity contribution in [2.24, 2.45) is 0 Å². The number of rotatable bonds is 5. The summed E-state index contributed by atoms with van der Waals surface area (Å²) >= 11 is 0. The molecule has 0 bridgehead atoms. The van der Waals surface area contributed by atoms with Crippen LogP contribution in [0, 0.1) is 0 Å². The molecule has 0 spiro atoms. The largest absolute Gasteiger partial charge is 0.493 e. The predicted molar refractivity (Wildman–Crippen MR) is 73.0 cm³/mol. The SMILES string of the molecule is COc1cccc(C(C)CO)c1OC1CCCOC1. The van der Waals surface area contributed by atoms with Crippen LogP contribution in [-0.4, -0.2) is 38.1 Å². The Hall–Kier alpha value is -1.26. The zero-order chi connectivity index (χ0) is 13.7. The fourth-order valence-electron chi connectivity index (χ4n) is 2.28. The van der Waals surface area contributed by atoms with Crippen LogP contribution in [0.15, 0.2) is 18.2 Å². The summed E-state index contributed by atoms with van der Waals surface area (Å²) in [5.41, 5.74) is 0.979. The van der Waals surface area contributed by atoms with Crippen LogP contribution < -0.4 is 9.47 Å². The Kier molecular flexibility index (Phi) is 5.05. The van der Waals surface area contributed by atoms with Gasteiger partial charge in [0.1, 0.15) is 6.10 Å². The van der Waals surface area contributed by atoms with Gasteiger partial charge in [-0.3, -0.25) is 0 Å². The van der Waals surface area contributed by atoms with Crippen LogP contribution in [0.2, 0.25) is 0 Å². The van der Waals surface area contributed by atoms with E-state index in [9.17, 15) is 5.11 Å². The molecule has 1 heterocycles. The number of aliphatic hydroxyl groups is 1. The molecule has 106 valence electrons. The van der Waals surface area contributed by atoms with Gasteiger partial charge >= 0.3 is 0 Å². The van der Waals surface area contributed by atoms with Crippen molar-refractivity contribution in [1.29, 1.82) is 0 Å². The van der Waals surface area contributed by atoms with Gasteiger partial charge in [-0.2, -0.15) is 0 Å². The molecule has 19 heavy (non-hydrogen) atoms. The van der Waals surface area contributed by atoms with Gasteiger partial charge in [-0.25, -0.2) is 0 Å². The molecule has 0 aliphatic carbocycles. The summed E-state index contributed by atoms with van der Waals surface area (Å²) in [6.07, 6.45) is 2.07. The second kappa shape index (κ2) is 6.78. The zero-order valence-electron chi connectivity index (χ0n) is 11.6. The molecule has 2 atom stereocenters. The number of hydrogen-bond donors (Lipinski definition) is 1. The monoisotopic (exact) mass is 266 g/mol. The van der Waals surface area contributed by atoms with Crippen LogP contribution in [0.25, 0.3) is 0 Å². The Morgan fingerprint density at radius 2 is 2.32 bits per heavy atom.